The van der Waals surface area contributed by atoms with Crippen LogP contribution in [0.5, 0.6) is 0 Å². The molecule has 0 saturated carbocycles. The first kappa shape index (κ1) is 22.7. The predicted octanol–water partition coefficient (Wildman–Crippen LogP) is 0.461. The van der Waals surface area contributed by atoms with E-state index in [0.717, 1.165) is 45.8 Å². The number of nitrogens with one attached hydrogen (secondary N) is 3. The monoisotopic (exact) mass is 475 g/mol. The van der Waals surface area contributed by atoms with Crippen LogP contribution in [0.4, 0.5) is 0 Å². The Hall–Kier alpha value is -1.39. The average molecular weight is 475 g/mol. The summed E-state index contributed by atoms with van der Waals surface area (Å²) < 4.78 is 5.33. The highest BCUT2D eigenvalue weighted by Crippen LogP contribution is 1.98. The smallest absolute Gasteiger partial charge is 0.239 e. The van der Waals surface area contributed by atoms with Gasteiger partial charge in [-0.25, -0.2) is 0 Å². The van der Waals surface area contributed by atoms with Gasteiger partial charge in [0.05, 0.1) is 19.8 Å². The van der Waals surface area contributed by atoms with Crippen molar-refractivity contribution in [3.8, 4) is 0 Å². The van der Waals surface area contributed by atoms with Crippen LogP contribution >= 0.6 is 24.0 Å². The Morgan fingerprint density at radius 1 is 1.12 bits per heavy atom. The second-order valence-corrected chi connectivity index (χ2v) is 5.89. The lowest BCUT2D eigenvalue weighted by molar-refractivity contribution is -0.119. The van der Waals surface area contributed by atoms with E-state index in [9.17, 15) is 4.79 Å². The first-order valence-electron chi connectivity index (χ1n) is 8.83. The first-order valence-corrected chi connectivity index (χ1v) is 8.83. The van der Waals surface area contributed by atoms with Gasteiger partial charge >= 0.3 is 0 Å². The molecule has 146 valence electrons. The lowest BCUT2D eigenvalue weighted by Crippen LogP contribution is -2.46. The number of hydrogen-bond acceptors (Lipinski definition) is 4. The molecule has 26 heavy (non-hydrogen) atoms. The highest BCUT2D eigenvalue weighted by Gasteiger charge is 2.10. The van der Waals surface area contributed by atoms with Crippen LogP contribution < -0.4 is 16.0 Å². The standard InChI is InChI=1S/C18H29N5O2.HI/c1-19-18(21-9-10-23-11-13-25-14-12-23)22-15-17(24)20-8-7-16-5-3-2-4-6-16;/h2-6H,7-15H2,1H3,(H,20,24)(H2,19,21,22);1H. The van der Waals surface area contributed by atoms with Crippen molar-refractivity contribution in [1.82, 2.24) is 20.9 Å². The third-order valence-electron chi connectivity index (χ3n) is 4.04. The second-order valence-electron chi connectivity index (χ2n) is 5.89. The van der Waals surface area contributed by atoms with Gasteiger partial charge in [-0.1, -0.05) is 30.3 Å². The second kappa shape index (κ2) is 13.8. The zero-order valence-electron chi connectivity index (χ0n) is 15.4. The molecule has 1 aromatic rings. The number of benzene rings is 1. The zero-order chi connectivity index (χ0) is 17.7. The summed E-state index contributed by atoms with van der Waals surface area (Å²) in [7, 11) is 1.71. The largest absolute Gasteiger partial charge is 0.379 e. The number of carbonyl (C=O) groups is 1. The molecular weight excluding hydrogens is 445 g/mol. The van der Waals surface area contributed by atoms with Crippen LogP contribution in [0.15, 0.2) is 35.3 Å². The topological polar surface area (TPSA) is 78.0 Å². The molecule has 0 bridgehead atoms. The van der Waals surface area contributed by atoms with E-state index in [2.05, 4.69) is 38.0 Å². The number of amides is 1. The molecule has 8 heteroatoms. The van der Waals surface area contributed by atoms with Crippen molar-refractivity contribution in [2.45, 2.75) is 6.42 Å². The highest BCUT2D eigenvalue weighted by atomic mass is 127. The maximum absolute atomic E-state index is 11.9. The lowest BCUT2D eigenvalue weighted by Gasteiger charge is -2.26. The van der Waals surface area contributed by atoms with Crippen LogP contribution in [0.2, 0.25) is 0 Å². The van der Waals surface area contributed by atoms with Crippen molar-refractivity contribution in [3.63, 3.8) is 0 Å². The Bertz CT molecular complexity index is 536. The molecule has 1 aliphatic heterocycles. The zero-order valence-corrected chi connectivity index (χ0v) is 17.7. The molecule has 0 spiro atoms. The molecule has 2 rings (SSSR count). The lowest BCUT2D eigenvalue weighted by atomic mass is 10.1. The van der Waals surface area contributed by atoms with Crippen molar-refractivity contribution in [3.05, 3.63) is 35.9 Å². The molecule has 0 radical (unpaired) electrons. The van der Waals surface area contributed by atoms with E-state index in [1.165, 1.54) is 5.56 Å². The van der Waals surface area contributed by atoms with Gasteiger partial charge in [0, 0.05) is 39.8 Å². The Labute approximate surface area is 173 Å². The molecule has 7 nitrogen and oxygen atoms in total. The molecule has 0 atom stereocenters. The number of nitrogens with zero attached hydrogens (tertiary/aromatic N) is 2. The molecule has 1 fully saturated rings. The normalized spacial score (nSPS) is 15.0. The van der Waals surface area contributed by atoms with Gasteiger partial charge in [0.1, 0.15) is 0 Å². The molecule has 0 aromatic heterocycles. The van der Waals surface area contributed by atoms with Crippen molar-refractivity contribution >= 4 is 35.8 Å². The molecule has 1 aromatic carbocycles. The van der Waals surface area contributed by atoms with Crippen LogP contribution in [-0.2, 0) is 16.0 Å². The summed E-state index contributed by atoms with van der Waals surface area (Å²) in [6.45, 7) is 6.11. The quantitative estimate of drug-likeness (QED) is 0.290. The van der Waals surface area contributed by atoms with Crippen LogP contribution in [0.25, 0.3) is 0 Å². The Kier molecular flexibility index (Phi) is 12.0. The number of aliphatic imine (C=N–C) groups is 1. The number of ether oxygens (including phenoxy) is 1. The number of morpholine rings is 1. The number of guanidine groups is 1. The molecule has 1 saturated heterocycles. The Balaban J connectivity index is 0.00000338. The maximum atomic E-state index is 11.9. The van der Waals surface area contributed by atoms with Crippen LogP contribution in [-0.4, -0.2) is 76.3 Å². The summed E-state index contributed by atoms with van der Waals surface area (Å²) in [6, 6.07) is 10.1. The minimum absolute atomic E-state index is 0. The molecule has 0 aliphatic carbocycles. The number of hydrogen-bond donors (Lipinski definition) is 3. The van der Waals surface area contributed by atoms with Crippen molar-refractivity contribution in [2.75, 3.05) is 59.5 Å². The first-order chi connectivity index (χ1) is 12.3. The number of halogens is 1. The van der Waals surface area contributed by atoms with Gasteiger partial charge in [-0.2, -0.15) is 0 Å². The van der Waals surface area contributed by atoms with Gasteiger partial charge in [-0.15, -0.1) is 24.0 Å². The van der Waals surface area contributed by atoms with E-state index in [1.54, 1.807) is 7.05 Å². The highest BCUT2D eigenvalue weighted by molar-refractivity contribution is 14.0. The average Bonchev–Trinajstić information content (AvgIpc) is 2.66. The summed E-state index contributed by atoms with van der Waals surface area (Å²) in [5.74, 6) is 0.610. The van der Waals surface area contributed by atoms with Gasteiger partial charge in [-0.3, -0.25) is 14.7 Å². The summed E-state index contributed by atoms with van der Waals surface area (Å²) >= 11 is 0. The van der Waals surface area contributed by atoms with Gasteiger partial charge in [0.2, 0.25) is 5.91 Å². The minimum Gasteiger partial charge on any atom is -0.379 e. The predicted molar refractivity (Wildman–Crippen MR) is 115 cm³/mol. The van der Waals surface area contributed by atoms with Crippen molar-refractivity contribution in [1.29, 1.82) is 0 Å². The number of rotatable bonds is 8. The van der Waals surface area contributed by atoms with Gasteiger partial charge in [0.15, 0.2) is 5.96 Å². The van der Waals surface area contributed by atoms with Crippen LogP contribution in [0, 0.1) is 0 Å². The Morgan fingerprint density at radius 3 is 2.54 bits per heavy atom. The third kappa shape index (κ3) is 9.35. The van der Waals surface area contributed by atoms with E-state index in [4.69, 9.17) is 4.74 Å². The maximum Gasteiger partial charge on any atom is 0.239 e. The number of carbonyl (C=O) groups excluding carboxylic acids is 1. The summed E-state index contributed by atoms with van der Waals surface area (Å²) in [5, 5.41) is 9.18. The third-order valence-corrected chi connectivity index (χ3v) is 4.04. The van der Waals surface area contributed by atoms with Gasteiger partial charge in [-0.05, 0) is 12.0 Å². The van der Waals surface area contributed by atoms with Gasteiger partial charge < -0.3 is 20.7 Å². The van der Waals surface area contributed by atoms with E-state index in [0.29, 0.717) is 12.5 Å². The van der Waals surface area contributed by atoms with E-state index < -0.39 is 0 Å². The molecular formula is C18H30IN5O2. The molecule has 1 aliphatic rings. The summed E-state index contributed by atoms with van der Waals surface area (Å²) in [6.07, 6.45) is 0.832. The fraction of sp³-hybridized carbons (Fsp3) is 0.556. The summed E-state index contributed by atoms with van der Waals surface area (Å²) in [4.78, 5) is 18.4. The summed E-state index contributed by atoms with van der Waals surface area (Å²) in [5.41, 5.74) is 1.22. The molecule has 1 heterocycles. The van der Waals surface area contributed by atoms with E-state index in [-0.39, 0.29) is 36.4 Å². The Morgan fingerprint density at radius 2 is 1.85 bits per heavy atom. The fourth-order valence-electron chi connectivity index (χ4n) is 2.60. The van der Waals surface area contributed by atoms with Crippen LogP contribution in [0.3, 0.4) is 0 Å². The SMILES string of the molecule is CN=C(NCCN1CCOCC1)NCC(=O)NCCc1ccccc1.I. The molecule has 1 amide bonds. The minimum atomic E-state index is -0.0351. The van der Waals surface area contributed by atoms with Crippen LogP contribution in [0.1, 0.15) is 5.56 Å². The van der Waals surface area contributed by atoms with E-state index in [1.807, 2.05) is 18.2 Å². The van der Waals surface area contributed by atoms with Crippen molar-refractivity contribution < 1.29 is 9.53 Å². The molecule has 3 N–H and O–H groups in total. The van der Waals surface area contributed by atoms with E-state index >= 15 is 0 Å². The fourth-order valence-corrected chi connectivity index (χ4v) is 2.60. The molecule has 0 unspecified atom stereocenters. The van der Waals surface area contributed by atoms with Gasteiger partial charge in [0.25, 0.3) is 0 Å². The van der Waals surface area contributed by atoms with Crippen molar-refractivity contribution in [2.24, 2.45) is 4.99 Å².